The summed E-state index contributed by atoms with van der Waals surface area (Å²) in [5, 5.41) is 4.56. The van der Waals surface area contributed by atoms with E-state index in [4.69, 9.17) is 0 Å². The Hall–Kier alpha value is -1.44. The number of aryl methyl sites for hydroxylation is 2. The molecule has 0 atom stereocenters. The van der Waals surface area contributed by atoms with Crippen LogP contribution in [0.2, 0.25) is 0 Å². The molecule has 2 heteroatoms. The molecule has 0 amide bonds. The summed E-state index contributed by atoms with van der Waals surface area (Å²) in [5.41, 5.74) is 4.03. The highest BCUT2D eigenvalue weighted by Crippen LogP contribution is 2.24. The van der Waals surface area contributed by atoms with E-state index in [1.165, 1.54) is 41.5 Å². The minimum Gasteiger partial charge on any atom is -0.388 e. The van der Waals surface area contributed by atoms with Gasteiger partial charge in [-0.3, -0.25) is 0 Å². The molecule has 1 aromatic carbocycles. The lowest BCUT2D eigenvalue weighted by Gasteiger charge is -2.08. The van der Waals surface area contributed by atoms with Gasteiger partial charge >= 0.3 is 0 Å². The van der Waals surface area contributed by atoms with Crippen molar-refractivity contribution in [2.45, 2.75) is 39.7 Å². The SMILES string of the molecule is CCCc1cc2cc(NC)ccc2n1CCC. The Morgan fingerprint density at radius 2 is 1.94 bits per heavy atom. The van der Waals surface area contributed by atoms with E-state index < -0.39 is 0 Å². The number of nitrogens with zero attached hydrogens (tertiary/aromatic N) is 1. The van der Waals surface area contributed by atoms with Crippen LogP contribution in [-0.2, 0) is 13.0 Å². The molecule has 0 fully saturated rings. The zero-order valence-electron chi connectivity index (χ0n) is 11.1. The van der Waals surface area contributed by atoms with Gasteiger partial charge in [-0.15, -0.1) is 0 Å². The van der Waals surface area contributed by atoms with E-state index in [1.807, 2.05) is 7.05 Å². The van der Waals surface area contributed by atoms with E-state index >= 15 is 0 Å². The molecular formula is C15H22N2. The van der Waals surface area contributed by atoms with Gasteiger partial charge in [0.25, 0.3) is 0 Å². The average Bonchev–Trinajstić information content (AvgIpc) is 2.68. The number of nitrogens with one attached hydrogen (secondary N) is 1. The Labute approximate surface area is 104 Å². The third-order valence-electron chi connectivity index (χ3n) is 3.23. The van der Waals surface area contributed by atoms with E-state index in [0.29, 0.717) is 0 Å². The summed E-state index contributed by atoms with van der Waals surface area (Å²) in [7, 11) is 1.97. The molecule has 2 nitrogen and oxygen atoms in total. The van der Waals surface area contributed by atoms with Crippen LogP contribution < -0.4 is 5.32 Å². The Kier molecular flexibility index (Phi) is 3.72. The van der Waals surface area contributed by atoms with Gasteiger partial charge in [-0.1, -0.05) is 20.3 Å². The minimum atomic E-state index is 1.12. The predicted octanol–water partition coefficient (Wildman–Crippen LogP) is 4.05. The van der Waals surface area contributed by atoms with Crippen molar-refractivity contribution in [3.63, 3.8) is 0 Å². The van der Waals surface area contributed by atoms with Crippen molar-refractivity contribution in [3.05, 3.63) is 30.0 Å². The van der Waals surface area contributed by atoms with E-state index in [1.54, 1.807) is 0 Å². The van der Waals surface area contributed by atoms with E-state index in [9.17, 15) is 0 Å². The summed E-state index contributed by atoms with van der Waals surface area (Å²) >= 11 is 0. The molecule has 0 aliphatic carbocycles. The van der Waals surface area contributed by atoms with Crippen LogP contribution in [0.4, 0.5) is 5.69 Å². The first-order valence-corrected chi connectivity index (χ1v) is 6.60. The molecule has 0 saturated heterocycles. The fourth-order valence-corrected chi connectivity index (χ4v) is 2.43. The Morgan fingerprint density at radius 1 is 1.12 bits per heavy atom. The highest BCUT2D eigenvalue weighted by Gasteiger charge is 2.07. The van der Waals surface area contributed by atoms with E-state index in [-0.39, 0.29) is 0 Å². The minimum absolute atomic E-state index is 1.12. The van der Waals surface area contributed by atoms with Crippen LogP contribution in [0.15, 0.2) is 24.3 Å². The van der Waals surface area contributed by atoms with Gasteiger partial charge in [0.05, 0.1) is 0 Å². The van der Waals surface area contributed by atoms with Crippen LogP contribution in [0.25, 0.3) is 10.9 Å². The Bertz CT molecular complexity index is 497. The molecular weight excluding hydrogens is 208 g/mol. The first-order valence-electron chi connectivity index (χ1n) is 6.60. The summed E-state index contributed by atoms with van der Waals surface area (Å²) in [5.74, 6) is 0. The van der Waals surface area contributed by atoms with Crippen LogP contribution >= 0.6 is 0 Å². The topological polar surface area (TPSA) is 17.0 Å². The Balaban J connectivity index is 2.52. The molecule has 0 bridgehead atoms. The number of hydrogen-bond acceptors (Lipinski definition) is 1. The molecule has 1 heterocycles. The molecule has 0 aliphatic rings. The van der Waals surface area contributed by atoms with Crippen molar-refractivity contribution in [2.75, 3.05) is 12.4 Å². The van der Waals surface area contributed by atoms with Gasteiger partial charge in [-0.05, 0) is 37.1 Å². The largest absolute Gasteiger partial charge is 0.388 e. The molecule has 0 unspecified atom stereocenters. The first kappa shape index (κ1) is 12.0. The van der Waals surface area contributed by atoms with Gasteiger partial charge in [0.1, 0.15) is 0 Å². The second-order valence-corrected chi connectivity index (χ2v) is 4.56. The second kappa shape index (κ2) is 5.26. The van der Waals surface area contributed by atoms with Crippen molar-refractivity contribution >= 4 is 16.6 Å². The van der Waals surface area contributed by atoms with Crippen molar-refractivity contribution < 1.29 is 0 Å². The highest BCUT2D eigenvalue weighted by molar-refractivity contribution is 5.84. The quantitative estimate of drug-likeness (QED) is 0.820. The summed E-state index contributed by atoms with van der Waals surface area (Å²) in [6, 6.07) is 8.97. The maximum atomic E-state index is 3.20. The third kappa shape index (κ3) is 2.31. The number of anilines is 1. The molecule has 17 heavy (non-hydrogen) atoms. The van der Waals surface area contributed by atoms with Gasteiger partial charge in [0.15, 0.2) is 0 Å². The molecule has 0 saturated carbocycles. The van der Waals surface area contributed by atoms with Gasteiger partial charge < -0.3 is 9.88 Å². The first-order chi connectivity index (χ1) is 8.30. The molecule has 92 valence electrons. The maximum absolute atomic E-state index is 3.20. The van der Waals surface area contributed by atoms with Crippen molar-refractivity contribution in [1.29, 1.82) is 0 Å². The van der Waals surface area contributed by atoms with Crippen LogP contribution in [0.3, 0.4) is 0 Å². The van der Waals surface area contributed by atoms with Crippen molar-refractivity contribution in [1.82, 2.24) is 4.57 Å². The third-order valence-corrected chi connectivity index (χ3v) is 3.23. The van der Waals surface area contributed by atoms with Crippen molar-refractivity contribution in [3.8, 4) is 0 Å². The molecule has 0 spiro atoms. The smallest absolute Gasteiger partial charge is 0.0484 e. The lowest BCUT2D eigenvalue weighted by Crippen LogP contribution is -2.01. The monoisotopic (exact) mass is 230 g/mol. The summed E-state index contributed by atoms with van der Waals surface area (Å²) in [6.07, 6.45) is 3.57. The lowest BCUT2D eigenvalue weighted by molar-refractivity contribution is 0.660. The molecule has 2 aromatic rings. The second-order valence-electron chi connectivity index (χ2n) is 4.56. The molecule has 1 N–H and O–H groups in total. The highest BCUT2D eigenvalue weighted by atomic mass is 15.0. The summed E-state index contributed by atoms with van der Waals surface area (Å²) in [6.45, 7) is 5.61. The van der Waals surface area contributed by atoms with Crippen molar-refractivity contribution in [2.24, 2.45) is 0 Å². The van der Waals surface area contributed by atoms with Crippen LogP contribution in [0.1, 0.15) is 32.4 Å². The van der Waals surface area contributed by atoms with Gasteiger partial charge in [-0.2, -0.15) is 0 Å². The molecule has 2 rings (SSSR count). The molecule has 0 radical (unpaired) electrons. The number of benzene rings is 1. The van der Waals surface area contributed by atoms with Gasteiger partial charge in [-0.25, -0.2) is 0 Å². The van der Waals surface area contributed by atoms with E-state index in [2.05, 4.69) is 48.0 Å². The van der Waals surface area contributed by atoms with Gasteiger partial charge in [0, 0.05) is 35.9 Å². The zero-order chi connectivity index (χ0) is 12.3. The number of hydrogen-bond donors (Lipinski definition) is 1. The fourth-order valence-electron chi connectivity index (χ4n) is 2.43. The van der Waals surface area contributed by atoms with E-state index in [0.717, 1.165) is 6.54 Å². The predicted molar refractivity (Wildman–Crippen MR) is 75.8 cm³/mol. The maximum Gasteiger partial charge on any atom is 0.0484 e. The Morgan fingerprint density at radius 3 is 2.59 bits per heavy atom. The number of fused-ring (bicyclic) bond motifs is 1. The summed E-state index contributed by atoms with van der Waals surface area (Å²) < 4.78 is 2.47. The average molecular weight is 230 g/mol. The number of aromatic nitrogens is 1. The van der Waals surface area contributed by atoms with Crippen LogP contribution in [-0.4, -0.2) is 11.6 Å². The molecule has 0 aliphatic heterocycles. The summed E-state index contributed by atoms with van der Waals surface area (Å²) in [4.78, 5) is 0. The fraction of sp³-hybridized carbons (Fsp3) is 0.467. The standard InChI is InChI=1S/C15H22N2/c1-4-6-14-11-12-10-13(16-3)7-8-15(12)17(14)9-5-2/h7-8,10-11,16H,4-6,9H2,1-3H3. The van der Waals surface area contributed by atoms with Crippen LogP contribution in [0.5, 0.6) is 0 Å². The van der Waals surface area contributed by atoms with Crippen LogP contribution in [0, 0.1) is 0 Å². The van der Waals surface area contributed by atoms with Gasteiger partial charge in [0.2, 0.25) is 0 Å². The number of rotatable bonds is 5. The normalized spacial score (nSPS) is 11.0. The lowest BCUT2D eigenvalue weighted by atomic mass is 10.2. The zero-order valence-corrected chi connectivity index (χ0v) is 11.1. The molecule has 1 aromatic heterocycles.